The Morgan fingerprint density at radius 3 is 2.47 bits per heavy atom. The standard InChI is InChI=1S/C11H13F4NO/c1-2-16(7-11(13,14)15)6-8-5-9(12)3-4-10(8)17/h3-5,17H,2,6-7H2,1H3. The van der Waals surface area contributed by atoms with E-state index in [1.54, 1.807) is 6.92 Å². The molecule has 0 amide bonds. The molecule has 0 radical (unpaired) electrons. The molecule has 0 bridgehead atoms. The third kappa shape index (κ3) is 4.60. The SMILES string of the molecule is CCN(Cc1cc(F)ccc1O)CC(F)(F)F. The summed E-state index contributed by atoms with van der Waals surface area (Å²) < 4.78 is 49.5. The van der Waals surface area contributed by atoms with Crippen LogP contribution in [-0.2, 0) is 6.54 Å². The zero-order chi connectivity index (χ0) is 13.1. The normalized spacial score (nSPS) is 12.1. The molecule has 0 aromatic heterocycles. The molecule has 0 aliphatic carbocycles. The second-order valence-corrected chi connectivity index (χ2v) is 3.69. The van der Waals surface area contributed by atoms with Gasteiger partial charge in [0.15, 0.2) is 0 Å². The molecule has 0 aliphatic heterocycles. The molecule has 0 unspecified atom stereocenters. The third-order valence-corrected chi connectivity index (χ3v) is 2.29. The van der Waals surface area contributed by atoms with Gasteiger partial charge in [-0.25, -0.2) is 4.39 Å². The molecule has 2 nitrogen and oxygen atoms in total. The number of aromatic hydroxyl groups is 1. The number of halogens is 4. The molecule has 1 rings (SSSR count). The molecule has 96 valence electrons. The van der Waals surface area contributed by atoms with E-state index in [0.717, 1.165) is 23.1 Å². The van der Waals surface area contributed by atoms with E-state index in [1.807, 2.05) is 0 Å². The van der Waals surface area contributed by atoms with Crippen molar-refractivity contribution in [3.8, 4) is 5.75 Å². The summed E-state index contributed by atoms with van der Waals surface area (Å²) >= 11 is 0. The molecule has 0 atom stereocenters. The first kappa shape index (κ1) is 13.8. The Balaban J connectivity index is 2.77. The number of phenolic OH excluding ortho intramolecular Hbond substituents is 1. The van der Waals surface area contributed by atoms with Crippen molar-refractivity contribution in [2.75, 3.05) is 13.1 Å². The Kier molecular flexibility index (Phi) is 4.34. The average Bonchev–Trinajstić information content (AvgIpc) is 2.20. The van der Waals surface area contributed by atoms with Gasteiger partial charge in [0.25, 0.3) is 0 Å². The van der Waals surface area contributed by atoms with E-state index in [2.05, 4.69) is 0 Å². The summed E-state index contributed by atoms with van der Waals surface area (Å²) in [4.78, 5) is 1.08. The smallest absolute Gasteiger partial charge is 0.401 e. The quantitative estimate of drug-likeness (QED) is 0.832. The van der Waals surface area contributed by atoms with Gasteiger partial charge < -0.3 is 5.11 Å². The van der Waals surface area contributed by atoms with Crippen molar-refractivity contribution in [2.45, 2.75) is 19.6 Å². The van der Waals surface area contributed by atoms with Crippen LogP contribution in [0.2, 0.25) is 0 Å². The average molecular weight is 251 g/mol. The number of phenols is 1. The fourth-order valence-corrected chi connectivity index (χ4v) is 1.45. The van der Waals surface area contributed by atoms with E-state index < -0.39 is 18.5 Å². The summed E-state index contributed by atoms with van der Waals surface area (Å²) in [6.07, 6.45) is -4.31. The molecular weight excluding hydrogens is 238 g/mol. The van der Waals surface area contributed by atoms with Gasteiger partial charge in [-0.3, -0.25) is 4.90 Å². The largest absolute Gasteiger partial charge is 0.508 e. The van der Waals surface area contributed by atoms with Gasteiger partial charge in [-0.05, 0) is 24.7 Å². The first-order chi connectivity index (χ1) is 7.81. The van der Waals surface area contributed by atoms with Gasteiger partial charge in [-0.2, -0.15) is 13.2 Å². The number of hydrogen-bond donors (Lipinski definition) is 1. The van der Waals surface area contributed by atoms with E-state index in [4.69, 9.17) is 0 Å². The first-order valence-corrected chi connectivity index (χ1v) is 5.08. The van der Waals surface area contributed by atoms with Crippen LogP contribution in [0.1, 0.15) is 12.5 Å². The highest BCUT2D eigenvalue weighted by molar-refractivity contribution is 5.32. The molecule has 1 aromatic rings. The van der Waals surface area contributed by atoms with Crippen LogP contribution in [0.15, 0.2) is 18.2 Å². The maximum Gasteiger partial charge on any atom is 0.401 e. The predicted octanol–water partition coefficient (Wildman–Crippen LogP) is 2.92. The third-order valence-electron chi connectivity index (χ3n) is 2.29. The number of benzene rings is 1. The molecule has 0 saturated carbocycles. The van der Waals surface area contributed by atoms with Crippen LogP contribution in [0.4, 0.5) is 17.6 Å². The summed E-state index contributed by atoms with van der Waals surface area (Å²) in [5.74, 6) is -0.784. The summed E-state index contributed by atoms with van der Waals surface area (Å²) in [5, 5.41) is 9.40. The minimum atomic E-state index is -4.31. The molecule has 0 spiro atoms. The highest BCUT2D eigenvalue weighted by atomic mass is 19.4. The lowest BCUT2D eigenvalue weighted by atomic mass is 10.2. The summed E-state index contributed by atoms with van der Waals surface area (Å²) in [6, 6.07) is 3.22. The van der Waals surface area contributed by atoms with E-state index >= 15 is 0 Å². The monoisotopic (exact) mass is 251 g/mol. The predicted molar refractivity (Wildman–Crippen MR) is 55.1 cm³/mol. The Labute approximate surface area is 96.5 Å². The van der Waals surface area contributed by atoms with Crippen molar-refractivity contribution in [1.82, 2.24) is 4.90 Å². The summed E-state index contributed by atoms with van der Waals surface area (Å²) in [6.45, 7) is 0.511. The van der Waals surface area contributed by atoms with Crippen molar-refractivity contribution in [3.05, 3.63) is 29.6 Å². The van der Waals surface area contributed by atoms with Gasteiger partial charge in [0.1, 0.15) is 11.6 Å². The van der Waals surface area contributed by atoms with Crippen LogP contribution in [0.25, 0.3) is 0 Å². The molecule has 0 saturated heterocycles. The van der Waals surface area contributed by atoms with Crippen molar-refractivity contribution in [2.24, 2.45) is 0 Å². The van der Waals surface area contributed by atoms with Gasteiger partial charge in [0.2, 0.25) is 0 Å². The van der Waals surface area contributed by atoms with E-state index in [0.29, 0.717) is 0 Å². The van der Waals surface area contributed by atoms with E-state index in [1.165, 1.54) is 0 Å². The van der Waals surface area contributed by atoms with Gasteiger partial charge in [0.05, 0.1) is 6.54 Å². The molecule has 0 aliphatic rings. The van der Waals surface area contributed by atoms with Crippen LogP contribution in [0.5, 0.6) is 5.75 Å². The topological polar surface area (TPSA) is 23.5 Å². The number of rotatable bonds is 4. The fourth-order valence-electron chi connectivity index (χ4n) is 1.45. The first-order valence-electron chi connectivity index (χ1n) is 5.08. The Bertz CT molecular complexity index is 378. The van der Waals surface area contributed by atoms with Crippen LogP contribution in [0, 0.1) is 5.82 Å². The van der Waals surface area contributed by atoms with Crippen molar-refractivity contribution < 1.29 is 22.7 Å². The van der Waals surface area contributed by atoms with Crippen LogP contribution >= 0.6 is 0 Å². The van der Waals surface area contributed by atoms with Gasteiger partial charge in [-0.15, -0.1) is 0 Å². The number of nitrogens with zero attached hydrogens (tertiary/aromatic N) is 1. The maximum absolute atomic E-state index is 12.9. The zero-order valence-electron chi connectivity index (χ0n) is 9.26. The lowest BCUT2D eigenvalue weighted by Gasteiger charge is -2.22. The van der Waals surface area contributed by atoms with E-state index in [9.17, 15) is 22.7 Å². The van der Waals surface area contributed by atoms with Gasteiger partial charge >= 0.3 is 6.18 Å². The van der Waals surface area contributed by atoms with Gasteiger partial charge in [-0.1, -0.05) is 6.92 Å². The van der Waals surface area contributed by atoms with Crippen molar-refractivity contribution in [1.29, 1.82) is 0 Å². The lowest BCUT2D eigenvalue weighted by molar-refractivity contribution is -0.146. The highest BCUT2D eigenvalue weighted by Crippen LogP contribution is 2.22. The van der Waals surface area contributed by atoms with Crippen LogP contribution in [0.3, 0.4) is 0 Å². The number of hydrogen-bond acceptors (Lipinski definition) is 2. The van der Waals surface area contributed by atoms with Gasteiger partial charge in [0, 0.05) is 12.1 Å². The minimum absolute atomic E-state index is 0.139. The van der Waals surface area contributed by atoms with Crippen LogP contribution < -0.4 is 0 Å². The second-order valence-electron chi connectivity index (χ2n) is 3.69. The number of alkyl halides is 3. The second kappa shape index (κ2) is 5.35. The lowest BCUT2D eigenvalue weighted by Crippen LogP contribution is -2.33. The summed E-state index contributed by atoms with van der Waals surface area (Å²) in [5.41, 5.74) is 0.149. The maximum atomic E-state index is 12.9. The molecule has 0 fully saturated rings. The van der Waals surface area contributed by atoms with E-state index in [-0.39, 0.29) is 24.4 Å². The van der Waals surface area contributed by atoms with Crippen LogP contribution in [-0.4, -0.2) is 29.3 Å². The molecule has 1 N–H and O–H groups in total. The fraction of sp³-hybridized carbons (Fsp3) is 0.455. The Morgan fingerprint density at radius 1 is 1.29 bits per heavy atom. The molecule has 17 heavy (non-hydrogen) atoms. The summed E-state index contributed by atoms with van der Waals surface area (Å²) in [7, 11) is 0. The zero-order valence-corrected chi connectivity index (χ0v) is 9.26. The van der Waals surface area contributed by atoms with Crippen molar-refractivity contribution >= 4 is 0 Å². The van der Waals surface area contributed by atoms with Crippen molar-refractivity contribution in [3.63, 3.8) is 0 Å². The highest BCUT2D eigenvalue weighted by Gasteiger charge is 2.30. The molecule has 0 heterocycles. The minimum Gasteiger partial charge on any atom is -0.508 e. The molecular formula is C11H13F4NO. The Morgan fingerprint density at radius 2 is 1.94 bits per heavy atom. The Hall–Kier alpha value is -1.30. The molecule has 6 heteroatoms. The molecule has 1 aromatic carbocycles.